The quantitative estimate of drug-likeness (QED) is 0.823. The number of hydrogen-bond acceptors (Lipinski definition) is 4. The largest absolute Gasteiger partial charge is 0.508 e. The van der Waals surface area contributed by atoms with Gasteiger partial charge >= 0.3 is 0 Å². The minimum atomic E-state index is -0.401. The molecular weight excluding hydrogens is 218 g/mol. The molecule has 1 aromatic carbocycles. The number of aromatic hydroxyl groups is 1. The third-order valence-electron chi connectivity index (χ3n) is 2.62. The molecule has 0 amide bonds. The minimum absolute atomic E-state index is 0.216. The SMILES string of the molecule is CC(C)(N)Cc1c(O)ccc2c1OCCCO2. The maximum absolute atomic E-state index is 9.93. The van der Waals surface area contributed by atoms with Crippen molar-refractivity contribution in [1.82, 2.24) is 0 Å². The Morgan fingerprint density at radius 2 is 2.00 bits per heavy atom. The highest BCUT2D eigenvalue weighted by Crippen LogP contribution is 2.39. The number of hydrogen-bond donors (Lipinski definition) is 2. The maximum Gasteiger partial charge on any atom is 0.168 e. The highest BCUT2D eigenvalue weighted by atomic mass is 16.5. The van der Waals surface area contributed by atoms with Crippen molar-refractivity contribution in [2.75, 3.05) is 13.2 Å². The van der Waals surface area contributed by atoms with Gasteiger partial charge in [-0.25, -0.2) is 0 Å². The van der Waals surface area contributed by atoms with Crippen LogP contribution in [0.3, 0.4) is 0 Å². The Balaban J connectivity index is 2.42. The molecule has 1 heterocycles. The summed E-state index contributed by atoms with van der Waals surface area (Å²) in [5.41, 5.74) is 6.33. The molecule has 0 aliphatic carbocycles. The standard InChI is InChI=1S/C13H19NO3/c1-13(2,14)8-9-10(15)4-5-11-12(9)17-7-3-6-16-11/h4-5,15H,3,6-8,14H2,1-2H3. The van der Waals surface area contributed by atoms with Gasteiger partial charge in [0.1, 0.15) is 5.75 Å². The number of fused-ring (bicyclic) bond motifs is 1. The monoisotopic (exact) mass is 237 g/mol. The molecule has 0 saturated heterocycles. The van der Waals surface area contributed by atoms with Crippen LogP contribution in [0.5, 0.6) is 17.2 Å². The second-order valence-electron chi connectivity index (χ2n) is 5.11. The molecule has 0 radical (unpaired) electrons. The van der Waals surface area contributed by atoms with Crippen molar-refractivity contribution in [2.24, 2.45) is 5.73 Å². The van der Waals surface area contributed by atoms with Gasteiger partial charge < -0.3 is 20.3 Å². The fourth-order valence-electron chi connectivity index (χ4n) is 1.91. The molecule has 1 aliphatic rings. The molecule has 0 bridgehead atoms. The first-order valence-electron chi connectivity index (χ1n) is 5.87. The zero-order chi connectivity index (χ0) is 12.5. The van der Waals surface area contributed by atoms with Gasteiger partial charge in [0.15, 0.2) is 11.5 Å². The lowest BCUT2D eigenvalue weighted by Gasteiger charge is -2.21. The first-order chi connectivity index (χ1) is 7.97. The summed E-state index contributed by atoms with van der Waals surface area (Å²) < 4.78 is 11.2. The lowest BCUT2D eigenvalue weighted by molar-refractivity contribution is 0.295. The Morgan fingerprint density at radius 3 is 2.71 bits per heavy atom. The van der Waals surface area contributed by atoms with Gasteiger partial charge in [0.05, 0.1) is 13.2 Å². The van der Waals surface area contributed by atoms with Gasteiger partial charge in [0.2, 0.25) is 0 Å². The van der Waals surface area contributed by atoms with Crippen LogP contribution in [0.2, 0.25) is 0 Å². The van der Waals surface area contributed by atoms with Crippen molar-refractivity contribution in [3.05, 3.63) is 17.7 Å². The average Bonchev–Trinajstić information content (AvgIpc) is 2.46. The summed E-state index contributed by atoms with van der Waals surface area (Å²) >= 11 is 0. The summed E-state index contributed by atoms with van der Waals surface area (Å²) in [5.74, 6) is 1.55. The van der Waals surface area contributed by atoms with Crippen LogP contribution in [-0.2, 0) is 6.42 Å². The van der Waals surface area contributed by atoms with Gasteiger partial charge in [-0.2, -0.15) is 0 Å². The summed E-state index contributed by atoms with van der Waals surface area (Å²) in [6.45, 7) is 5.09. The van der Waals surface area contributed by atoms with E-state index >= 15 is 0 Å². The van der Waals surface area contributed by atoms with Gasteiger partial charge in [0.25, 0.3) is 0 Å². The van der Waals surface area contributed by atoms with Crippen molar-refractivity contribution in [3.63, 3.8) is 0 Å². The summed E-state index contributed by atoms with van der Waals surface area (Å²) in [6, 6.07) is 3.37. The van der Waals surface area contributed by atoms with Crippen LogP contribution >= 0.6 is 0 Å². The van der Waals surface area contributed by atoms with Crippen LogP contribution in [0.4, 0.5) is 0 Å². The van der Waals surface area contributed by atoms with Crippen LogP contribution in [-0.4, -0.2) is 23.9 Å². The zero-order valence-electron chi connectivity index (χ0n) is 10.3. The zero-order valence-corrected chi connectivity index (χ0v) is 10.3. The molecule has 4 nitrogen and oxygen atoms in total. The van der Waals surface area contributed by atoms with E-state index in [4.69, 9.17) is 15.2 Å². The third kappa shape index (κ3) is 2.82. The number of ether oxygens (including phenoxy) is 2. The number of phenolic OH excluding ortho intramolecular Hbond substituents is 1. The van der Waals surface area contributed by atoms with Crippen LogP contribution in [0, 0.1) is 0 Å². The smallest absolute Gasteiger partial charge is 0.168 e. The molecule has 3 N–H and O–H groups in total. The molecule has 1 aliphatic heterocycles. The lowest BCUT2D eigenvalue weighted by Crippen LogP contribution is -2.34. The van der Waals surface area contributed by atoms with Gasteiger partial charge in [-0.3, -0.25) is 0 Å². The molecule has 0 unspecified atom stereocenters. The molecule has 2 rings (SSSR count). The van der Waals surface area contributed by atoms with Crippen LogP contribution in [0.15, 0.2) is 12.1 Å². The van der Waals surface area contributed by atoms with E-state index in [-0.39, 0.29) is 5.75 Å². The maximum atomic E-state index is 9.93. The van der Waals surface area contributed by atoms with Crippen molar-refractivity contribution in [1.29, 1.82) is 0 Å². The van der Waals surface area contributed by atoms with E-state index < -0.39 is 5.54 Å². The predicted octanol–water partition coefficient (Wildman–Crippen LogP) is 1.83. The third-order valence-corrected chi connectivity index (χ3v) is 2.62. The molecule has 0 saturated carbocycles. The topological polar surface area (TPSA) is 64.7 Å². The molecule has 0 spiro atoms. The average molecular weight is 237 g/mol. The molecule has 1 aromatic rings. The second kappa shape index (κ2) is 4.45. The van der Waals surface area contributed by atoms with Gasteiger partial charge in [-0.05, 0) is 32.4 Å². The number of rotatable bonds is 2. The second-order valence-corrected chi connectivity index (χ2v) is 5.11. The summed E-state index contributed by atoms with van der Waals surface area (Å²) in [5, 5.41) is 9.93. The predicted molar refractivity (Wildman–Crippen MR) is 65.7 cm³/mol. The van der Waals surface area contributed by atoms with Crippen LogP contribution in [0.25, 0.3) is 0 Å². The lowest BCUT2D eigenvalue weighted by atomic mass is 9.94. The van der Waals surface area contributed by atoms with E-state index in [1.165, 1.54) is 0 Å². The normalized spacial score (nSPS) is 15.5. The molecule has 94 valence electrons. The molecule has 4 heteroatoms. The summed E-state index contributed by atoms with van der Waals surface area (Å²) in [4.78, 5) is 0. The number of phenols is 1. The number of nitrogens with two attached hydrogens (primary N) is 1. The van der Waals surface area contributed by atoms with Gasteiger partial charge in [-0.1, -0.05) is 0 Å². The fourth-order valence-corrected chi connectivity index (χ4v) is 1.91. The molecule has 0 aromatic heterocycles. The summed E-state index contributed by atoms with van der Waals surface area (Å²) in [7, 11) is 0. The minimum Gasteiger partial charge on any atom is -0.508 e. The highest BCUT2D eigenvalue weighted by Gasteiger charge is 2.22. The van der Waals surface area contributed by atoms with E-state index in [0.717, 1.165) is 12.0 Å². The first-order valence-corrected chi connectivity index (χ1v) is 5.87. The Morgan fingerprint density at radius 1 is 1.29 bits per heavy atom. The van der Waals surface area contributed by atoms with Crippen molar-refractivity contribution in [3.8, 4) is 17.2 Å². The van der Waals surface area contributed by atoms with Gasteiger partial charge in [-0.15, -0.1) is 0 Å². The molecule has 17 heavy (non-hydrogen) atoms. The molecular formula is C13H19NO3. The van der Waals surface area contributed by atoms with E-state index in [9.17, 15) is 5.11 Å². The van der Waals surface area contributed by atoms with Crippen molar-refractivity contribution >= 4 is 0 Å². The van der Waals surface area contributed by atoms with Crippen LogP contribution in [0.1, 0.15) is 25.8 Å². The Labute approximate surface area is 101 Å². The van der Waals surface area contributed by atoms with E-state index in [1.54, 1.807) is 12.1 Å². The van der Waals surface area contributed by atoms with Crippen molar-refractivity contribution < 1.29 is 14.6 Å². The van der Waals surface area contributed by atoms with E-state index in [0.29, 0.717) is 31.1 Å². The summed E-state index contributed by atoms with van der Waals surface area (Å²) in [6.07, 6.45) is 1.40. The molecule has 0 fully saturated rings. The van der Waals surface area contributed by atoms with Crippen molar-refractivity contribution in [2.45, 2.75) is 32.2 Å². The Hall–Kier alpha value is -1.42. The van der Waals surface area contributed by atoms with Gasteiger partial charge in [0, 0.05) is 17.5 Å². The highest BCUT2D eigenvalue weighted by molar-refractivity contribution is 5.54. The van der Waals surface area contributed by atoms with E-state index in [1.807, 2.05) is 13.8 Å². The first kappa shape index (κ1) is 12.0. The fraction of sp³-hybridized carbons (Fsp3) is 0.538. The Bertz CT molecular complexity index is 410. The van der Waals surface area contributed by atoms with E-state index in [2.05, 4.69) is 0 Å². The van der Waals surface area contributed by atoms with Crippen LogP contribution < -0.4 is 15.2 Å². The molecule has 0 atom stereocenters. The Kier molecular flexibility index (Phi) is 3.15. The number of benzene rings is 1.